The molecule has 7 nitrogen and oxygen atoms in total. The molecule has 0 spiro atoms. The quantitative estimate of drug-likeness (QED) is 0.480. The van der Waals surface area contributed by atoms with Crippen molar-refractivity contribution in [3.8, 4) is 0 Å². The Morgan fingerprint density at radius 1 is 1.03 bits per heavy atom. The van der Waals surface area contributed by atoms with Crippen LogP contribution >= 0.6 is 34.8 Å². The lowest BCUT2D eigenvalue weighted by Crippen LogP contribution is -2.52. The van der Waals surface area contributed by atoms with Crippen LogP contribution in [-0.2, 0) is 26.2 Å². The van der Waals surface area contributed by atoms with Crippen LogP contribution in [0.5, 0.6) is 0 Å². The average molecular weight is 561 g/mol. The molecule has 2 aromatic carbocycles. The summed E-state index contributed by atoms with van der Waals surface area (Å²) in [6, 6.07) is 9.80. The van der Waals surface area contributed by atoms with Crippen LogP contribution in [0.1, 0.15) is 38.2 Å². The van der Waals surface area contributed by atoms with Gasteiger partial charge in [0.05, 0.1) is 11.4 Å². The van der Waals surface area contributed by atoms with Gasteiger partial charge >= 0.3 is 0 Å². The Balaban J connectivity index is 1.82. The van der Waals surface area contributed by atoms with E-state index in [4.69, 9.17) is 34.8 Å². The molecule has 190 valence electrons. The zero-order valence-corrected chi connectivity index (χ0v) is 22.6. The largest absolute Gasteiger partial charge is 0.352 e. The molecule has 1 N–H and O–H groups in total. The standard InChI is InChI=1S/C24H28Cl3N3O4S/c1-16(24(32)28-20-5-3-4-6-20)30(14-17-7-8-19(26)13-22(17)27)23(31)15-29(2)35(33,34)21-11-9-18(25)10-12-21/h7-13,16,20H,3-6,14-15H2,1-2H3,(H,28,32)/t16-/m1/s1. The molecule has 0 aromatic heterocycles. The van der Waals surface area contributed by atoms with Gasteiger partial charge < -0.3 is 10.2 Å². The normalized spacial score (nSPS) is 15.3. The van der Waals surface area contributed by atoms with Crippen molar-refractivity contribution in [2.45, 2.75) is 56.1 Å². The highest BCUT2D eigenvalue weighted by molar-refractivity contribution is 7.89. The molecule has 1 saturated carbocycles. The summed E-state index contributed by atoms with van der Waals surface area (Å²) in [7, 11) is -2.63. The van der Waals surface area contributed by atoms with Crippen LogP contribution < -0.4 is 5.32 Å². The number of amides is 2. The van der Waals surface area contributed by atoms with Gasteiger partial charge in [0.1, 0.15) is 6.04 Å². The fourth-order valence-corrected chi connectivity index (χ4v) is 5.68. The van der Waals surface area contributed by atoms with Gasteiger partial charge in [0, 0.05) is 34.7 Å². The lowest BCUT2D eigenvalue weighted by molar-refractivity contribution is -0.140. The summed E-state index contributed by atoms with van der Waals surface area (Å²) in [5.41, 5.74) is 0.591. The monoisotopic (exact) mass is 559 g/mol. The predicted octanol–water partition coefficient (Wildman–Crippen LogP) is 4.74. The SMILES string of the molecule is C[C@H](C(=O)NC1CCCC1)N(Cc1ccc(Cl)cc1Cl)C(=O)CN(C)S(=O)(=O)c1ccc(Cl)cc1. The number of likely N-dealkylation sites (N-methyl/N-ethyl adjacent to an activating group) is 1. The van der Waals surface area contributed by atoms with Gasteiger partial charge in [-0.2, -0.15) is 4.31 Å². The zero-order chi connectivity index (χ0) is 25.8. The van der Waals surface area contributed by atoms with E-state index in [1.54, 1.807) is 25.1 Å². The zero-order valence-electron chi connectivity index (χ0n) is 19.5. The summed E-state index contributed by atoms with van der Waals surface area (Å²) < 4.78 is 26.9. The molecule has 2 amide bonds. The van der Waals surface area contributed by atoms with Crippen LogP contribution in [0, 0.1) is 0 Å². The summed E-state index contributed by atoms with van der Waals surface area (Å²) in [4.78, 5) is 27.8. The van der Waals surface area contributed by atoms with Crippen molar-refractivity contribution in [1.29, 1.82) is 0 Å². The number of nitrogens with zero attached hydrogens (tertiary/aromatic N) is 2. The third-order valence-electron chi connectivity index (χ3n) is 6.10. The highest BCUT2D eigenvalue weighted by atomic mass is 35.5. The van der Waals surface area contributed by atoms with Gasteiger partial charge in [-0.1, -0.05) is 53.7 Å². The van der Waals surface area contributed by atoms with Crippen molar-refractivity contribution >= 4 is 56.6 Å². The number of nitrogens with one attached hydrogen (secondary N) is 1. The summed E-state index contributed by atoms with van der Waals surface area (Å²) in [5.74, 6) is -0.830. The van der Waals surface area contributed by atoms with E-state index in [0.717, 1.165) is 30.0 Å². The van der Waals surface area contributed by atoms with Crippen molar-refractivity contribution in [2.24, 2.45) is 0 Å². The highest BCUT2D eigenvalue weighted by Gasteiger charge is 2.31. The van der Waals surface area contributed by atoms with Crippen molar-refractivity contribution in [1.82, 2.24) is 14.5 Å². The minimum absolute atomic E-state index is 0.0107. The number of sulfonamides is 1. The van der Waals surface area contributed by atoms with Crippen molar-refractivity contribution < 1.29 is 18.0 Å². The molecule has 0 aliphatic heterocycles. The second-order valence-electron chi connectivity index (χ2n) is 8.64. The molecule has 0 bridgehead atoms. The number of carbonyl (C=O) groups excluding carboxylic acids is 2. The average Bonchev–Trinajstić information content (AvgIpc) is 3.31. The molecular weight excluding hydrogens is 533 g/mol. The van der Waals surface area contributed by atoms with Gasteiger partial charge in [0.15, 0.2) is 0 Å². The van der Waals surface area contributed by atoms with Crippen LogP contribution in [0.3, 0.4) is 0 Å². The molecule has 1 aliphatic rings. The van der Waals surface area contributed by atoms with E-state index in [1.807, 2.05) is 0 Å². The Labute approximate surface area is 221 Å². The van der Waals surface area contributed by atoms with Gasteiger partial charge in [-0.25, -0.2) is 8.42 Å². The number of halogens is 3. The molecule has 1 atom stereocenters. The van der Waals surface area contributed by atoms with Crippen molar-refractivity contribution in [3.05, 3.63) is 63.1 Å². The maximum Gasteiger partial charge on any atom is 0.243 e. The molecular formula is C24H28Cl3N3O4S. The highest BCUT2D eigenvalue weighted by Crippen LogP contribution is 2.24. The first-order valence-corrected chi connectivity index (χ1v) is 13.8. The molecule has 1 fully saturated rings. The maximum absolute atomic E-state index is 13.4. The number of hydrogen-bond acceptors (Lipinski definition) is 4. The van der Waals surface area contributed by atoms with Crippen LogP contribution in [0.4, 0.5) is 0 Å². The summed E-state index contributed by atoms with van der Waals surface area (Å²) in [5, 5.41) is 4.20. The fraction of sp³-hybridized carbons (Fsp3) is 0.417. The minimum Gasteiger partial charge on any atom is -0.352 e. The van der Waals surface area contributed by atoms with Crippen LogP contribution in [0.25, 0.3) is 0 Å². The second kappa shape index (κ2) is 11.9. The van der Waals surface area contributed by atoms with Gasteiger partial charge in [0.25, 0.3) is 0 Å². The molecule has 0 unspecified atom stereocenters. The Bertz CT molecular complexity index is 1170. The van der Waals surface area contributed by atoms with Crippen LogP contribution in [-0.4, -0.2) is 55.1 Å². The van der Waals surface area contributed by atoms with Crippen molar-refractivity contribution in [2.75, 3.05) is 13.6 Å². The number of rotatable bonds is 9. The molecule has 35 heavy (non-hydrogen) atoms. The van der Waals surface area contributed by atoms with E-state index >= 15 is 0 Å². The molecule has 0 radical (unpaired) electrons. The van der Waals surface area contributed by atoms with E-state index in [1.165, 1.54) is 36.2 Å². The van der Waals surface area contributed by atoms with E-state index in [2.05, 4.69) is 5.32 Å². The third kappa shape index (κ3) is 7.11. The summed E-state index contributed by atoms with van der Waals surface area (Å²) >= 11 is 18.2. The van der Waals surface area contributed by atoms with Crippen molar-refractivity contribution in [3.63, 3.8) is 0 Å². The first kappa shape index (κ1) is 27.7. The number of carbonyl (C=O) groups is 2. The molecule has 11 heteroatoms. The first-order chi connectivity index (χ1) is 16.5. The lowest BCUT2D eigenvalue weighted by atomic mass is 10.1. The smallest absolute Gasteiger partial charge is 0.243 e. The summed E-state index contributed by atoms with van der Waals surface area (Å²) in [6.45, 7) is 1.18. The fourth-order valence-electron chi connectivity index (χ4n) is 3.96. The predicted molar refractivity (Wildman–Crippen MR) is 138 cm³/mol. The van der Waals surface area contributed by atoms with E-state index in [9.17, 15) is 18.0 Å². The molecule has 1 aliphatic carbocycles. The Hall–Kier alpha value is -1.84. The number of hydrogen-bond donors (Lipinski definition) is 1. The molecule has 0 heterocycles. The van der Waals surface area contributed by atoms with Gasteiger partial charge in [-0.05, 0) is 61.7 Å². The van der Waals surface area contributed by atoms with Crippen LogP contribution in [0.2, 0.25) is 15.1 Å². The Morgan fingerprint density at radius 3 is 2.23 bits per heavy atom. The maximum atomic E-state index is 13.4. The topological polar surface area (TPSA) is 86.8 Å². The second-order valence-corrected chi connectivity index (χ2v) is 12.0. The van der Waals surface area contributed by atoms with E-state index < -0.39 is 28.5 Å². The van der Waals surface area contributed by atoms with Gasteiger partial charge in [-0.15, -0.1) is 0 Å². The van der Waals surface area contributed by atoms with E-state index in [-0.39, 0.29) is 23.4 Å². The van der Waals surface area contributed by atoms with Crippen LogP contribution in [0.15, 0.2) is 47.4 Å². The number of benzene rings is 2. The summed E-state index contributed by atoms with van der Waals surface area (Å²) in [6.07, 6.45) is 3.90. The lowest BCUT2D eigenvalue weighted by Gasteiger charge is -2.31. The third-order valence-corrected chi connectivity index (χ3v) is 8.76. The van der Waals surface area contributed by atoms with Gasteiger partial charge in [-0.3, -0.25) is 9.59 Å². The first-order valence-electron chi connectivity index (χ1n) is 11.2. The minimum atomic E-state index is -3.95. The Morgan fingerprint density at radius 2 is 1.63 bits per heavy atom. The molecule has 2 aromatic rings. The van der Waals surface area contributed by atoms with E-state index in [0.29, 0.717) is 20.6 Å². The Kier molecular flexibility index (Phi) is 9.46. The van der Waals surface area contributed by atoms with Gasteiger partial charge in [0.2, 0.25) is 21.8 Å². The molecule has 0 saturated heterocycles. The molecule has 3 rings (SSSR count).